The van der Waals surface area contributed by atoms with Gasteiger partial charge < -0.3 is 9.88 Å². The van der Waals surface area contributed by atoms with Crippen molar-refractivity contribution < 1.29 is 0 Å². The van der Waals surface area contributed by atoms with Gasteiger partial charge in [-0.3, -0.25) is 0 Å². The third kappa shape index (κ3) is 3.83. The van der Waals surface area contributed by atoms with Gasteiger partial charge in [0.15, 0.2) is 0 Å². The predicted molar refractivity (Wildman–Crippen MR) is 86.1 cm³/mol. The lowest BCUT2D eigenvalue weighted by atomic mass is 10.1. The van der Waals surface area contributed by atoms with Crippen LogP contribution in [0.2, 0.25) is 0 Å². The second-order valence-corrected chi connectivity index (χ2v) is 5.44. The molecule has 3 heteroatoms. The molecule has 0 fully saturated rings. The fourth-order valence-electron chi connectivity index (χ4n) is 2.68. The molecule has 0 spiro atoms. The lowest BCUT2D eigenvalue weighted by Gasteiger charge is -2.09. The highest BCUT2D eigenvalue weighted by Gasteiger charge is 2.09. The first-order valence-corrected chi connectivity index (χ1v) is 7.95. The second-order valence-electron chi connectivity index (χ2n) is 5.44. The molecule has 0 bridgehead atoms. The van der Waals surface area contributed by atoms with E-state index in [1.165, 1.54) is 43.4 Å². The highest BCUT2D eigenvalue weighted by Crippen LogP contribution is 2.17. The van der Waals surface area contributed by atoms with E-state index in [1.54, 1.807) is 0 Å². The van der Waals surface area contributed by atoms with E-state index in [1.807, 2.05) is 7.05 Å². The van der Waals surface area contributed by atoms with Gasteiger partial charge in [0.1, 0.15) is 5.82 Å². The summed E-state index contributed by atoms with van der Waals surface area (Å²) in [7, 11) is 2.00. The van der Waals surface area contributed by atoms with Crippen LogP contribution < -0.4 is 5.32 Å². The van der Waals surface area contributed by atoms with Gasteiger partial charge in [0.25, 0.3) is 0 Å². The predicted octanol–water partition coefficient (Wildman–Crippen LogP) is 3.77. The number of aromatic nitrogens is 2. The van der Waals surface area contributed by atoms with Crippen molar-refractivity contribution in [3.63, 3.8) is 0 Å². The summed E-state index contributed by atoms with van der Waals surface area (Å²) < 4.78 is 2.42. The quantitative estimate of drug-likeness (QED) is 0.705. The number of benzene rings is 1. The van der Waals surface area contributed by atoms with E-state index < -0.39 is 0 Å². The highest BCUT2D eigenvalue weighted by atomic mass is 15.1. The molecule has 2 rings (SSSR count). The molecule has 1 N–H and O–H groups in total. The van der Waals surface area contributed by atoms with Crippen molar-refractivity contribution in [1.29, 1.82) is 0 Å². The Morgan fingerprint density at radius 1 is 1.10 bits per heavy atom. The molecule has 20 heavy (non-hydrogen) atoms. The van der Waals surface area contributed by atoms with E-state index in [0.29, 0.717) is 0 Å². The van der Waals surface area contributed by atoms with Crippen LogP contribution in [0.25, 0.3) is 11.0 Å². The van der Waals surface area contributed by atoms with Gasteiger partial charge in [-0.15, -0.1) is 0 Å². The molecule has 0 radical (unpaired) electrons. The molecule has 1 aromatic heterocycles. The van der Waals surface area contributed by atoms with Gasteiger partial charge in [-0.1, -0.05) is 44.7 Å². The normalized spacial score (nSPS) is 11.3. The summed E-state index contributed by atoms with van der Waals surface area (Å²) in [5.41, 5.74) is 2.42. The van der Waals surface area contributed by atoms with Crippen molar-refractivity contribution in [3.05, 3.63) is 30.1 Å². The maximum Gasteiger partial charge on any atom is 0.111 e. The van der Waals surface area contributed by atoms with E-state index >= 15 is 0 Å². The second kappa shape index (κ2) is 8.05. The first kappa shape index (κ1) is 15.0. The van der Waals surface area contributed by atoms with Crippen LogP contribution in [0, 0.1) is 0 Å². The van der Waals surface area contributed by atoms with Gasteiger partial charge in [0.2, 0.25) is 0 Å². The first-order valence-electron chi connectivity index (χ1n) is 7.95. The van der Waals surface area contributed by atoms with E-state index in [4.69, 9.17) is 4.98 Å². The molecule has 0 atom stereocenters. The number of rotatable bonds is 9. The number of fused-ring (bicyclic) bond motifs is 1. The van der Waals surface area contributed by atoms with Crippen LogP contribution in [0.15, 0.2) is 24.3 Å². The number of unbranched alkanes of at least 4 members (excludes halogenated alkanes) is 4. The SMILES string of the molecule is CCCCCCCn1c(CCNC)nc2ccccc21. The molecule has 2 aromatic rings. The van der Waals surface area contributed by atoms with Crippen LogP contribution >= 0.6 is 0 Å². The Hall–Kier alpha value is -1.35. The first-order chi connectivity index (χ1) is 9.86. The van der Waals surface area contributed by atoms with E-state index in [0.717, 1.165) is 25.0 Å². The number of hydrogen-bond donors (Lipinski definition) is 1. The van der Waals surface area contributed by atoms with Crippen molar-refractivity contribution in [1.82, 2.24) is 14.9 Å². The Kier molecular flexibility index (Phi) is 6.06. The van der Waals surface area contributed by atoms with E-state index in [-0.39, 0.29) is 0 Å². The fraction of sp³-hybridized carbons (Fsp3) is 0.588. The lowest BCUT2D eigenvalue weighted by molar-refractivity contribution is 0.559. The smallest absolute Gasteiger partial charge is 0.111 e. The van der Waals surface area contributed by atoms with Crippen molar-refractivity contribution in [3.8, 4) is 0 Å². The summed E-state index contributed by atoms with van der Waals surface area (Å²) in [4.78, 5) is 4.79. The Balaban J connectivity index is 2.07. The van der Waals surface area contributed by atoms with Gasteiger partial charge in [-0.05, 0) is 25.6 Å². The van der Waals surface area contributed by atoms with Crippen molar-refractivity contribution in [2.24, 2.45) is 0 Å². The molecular formula is C17H27N3. The molecule has 0 saturated carbocycles. The largest absolute Gasteiger partial charge is 0.328 e. The standard InChI is InChI=1S/C17H27N3/c1-3-4-5-6-9-14-20-16-11-8-7-10-15(16)19-17(20)12-13-18-2/h7-8,10-11,18H,3-6,9,12-14H2,1-2H3. The topological polar surface area (TPSA) is 29.9 Å². The molecule has 1 aromatic carbocycles. The average molecular weight is 273 g/mol. The molecule has 0 saturated heterocycles. The van der Waals surface area contributed by atoms with Crippen LogP contribution in [0.5, 0.6) is 0 Å². The Bertz CT molecular complexity index is 516. The summed E-state index contributed by atoms with van der Waals surface area (Å²) in [5.74, 6) is 1.22. The third-order valence-electron chi connectivity index (χ3n) is 3.82. The van der Waals surface area contributed by atoms with E-state index in [2.05, 4.69) is 41.1 Å². The number of para-hydroxylation sites is 2. The van der Waals surface area contributed by atoms with Crippen LogP contribution in [0.4, 0.5) is 0 Å². The van der Waals surface area contributed by atoms with Crippen molar-refractivity contribution in [2.45, 2.75) is 52.0 Å². The van der Waals surface area contributed by atoms with Crippen LogP contribution in [0.3, 0.4) is 0 Å². The minimum Gasteiger partial charge on any atom is -0.328 e. The fourth-order valence-corrected chi connectivity index (χ4v) is 2.68. The number of hydrogen-bond acceptors (Lipinski definition) is 2. The number of nitrogens with zero attached hydrogens (tertiary/aromatic N) is 2. The minimum absolute atomic E-state index is 0.985. The third-order valence-corrected chi connectivity index (χ3v) is 3.82. The Labute approximate surface area is 122 Å². The van der Waals surface area contributed by atoms with Gasteiger partial charge in [0.05, 0.1) is 11.0 Å². The number of imidazole rings is 1. The maximum absolute atomic E-state index is 4.79. The molecule has 1 heterocycles. The van der Waals surface area contributed by atoms with Crippen molar-refractivity contribution in [2.75, 3.05) is 13.6 Å². The molecule has 110 valence electrons. The van der Waals surface area contributed by atoms with Crippen LogP contribution in [-0.2, 0) is 13.0 Å². The summed E-state index contributed by atoms with van der Waals surface area (Å²) in [6.45, 7) is 4.35. The number of likely N-dealkylation sites (N-methyl/N-ethyl adjacent to an activating group) is 1. The molecule has 3 nitrogen and oxygen atoms in total. The molecule has 0 aliphatic rings. The molecule has 0 aliphatic heterocycles. The summed E-state index contributed by atoms with van der Waals surface area (Å²) in [5, 5.41) is 3.22. The monoisotopic (exact) mass is 273 g/mol. The number of aryl methyl sites for hydroxylation is 1. The number of nitrogens with one attached hydrogen (secondary N) is 1. The zero-order valence-corrected chi connectivity index (χ0v) is 12.9. The zero-order chi connectivity index (χ0) is 14.2. The van der Waals surface area contributed by atoms with Crippen LogP contribution in [-0.4, -0.2) is 23.1 Å². The van der Waals surface area contributed by atoms with Gasteiger partial charge in [-0.2, -0.15) is 0 Å². The molecular weight excluding hydrogens is 246 g/mol. The Morgan fingerprint density at radius 2 is 1.90 bits per heavy atom. The van der Waals surface area contributed by atoms with Crippen LogP contribution in [0.1, 0.15) is 44.9 Å². The van der Waals surface area contributed by atoms with Gasteiger partial charge in [-0.25, -0.2) is 4.98 Å². The minimum atomic E-state index is 0.985. The summed E-state index contributed by atoms with van der Waals surface area (Å²) in [6.07, 6.45) is 7.60. The average Bonchev–Trinajstić information content (AvgIpc) is 2.83. The summed E-state index contributed by atoms with van der Waals surface area (Å²) >= 11 is 0. The molecule has 0 amide bonds. The molecule has 0 unspecified atom stereocenters. The summed E-state index contributed by atoms with van der Waals surface area (Å²) in [6, 6.07) is 8.49. The maximum atomic E-state index is 4.79. The lowest BCUT2D eigenvalue weighted by Crippen LogP contribution is -2.14. The Morgan fingerprint density at radius 3 is 2.70 bits per heavy atom. The molecule has 0 aliphatic carbocycles. The van der Waals surface area contributed by atoms with Crippen molar-refractivity contribution >= 4 is 11.0 Å². The highest BCUT2D eigenvalue weighted by molar-refractivity contribution is 5.75. The van der Waals surface area contributed by atoms with Gasteiger partial charge >= 0.3 is 0 Å². The van der Waals surface area contributed by atoms with Gasteiger partial charge in [0, 0.05) is 19.5 Å². The van der Waals surface area contributed by atoms with E-state index in [9.17, 15) is 0 Å². The zero-order valence-electron chi connectivity index (χ0n) is 12.9.